The first-order valence-corrected chi connectivity index (χ1v) is 6.12. The van der Waals surface area contributed by atoms with Crippen LogP contribution in [0.1, 0.15) is 51.4 Å². The molecule has 0 bridgehead atoms. The summed E-state index contributed by atoms with van der Waals surface area (Å²) in [5.74, 6) is 1.11. The molecular formula is C12H21N. The van der Waals surface area contributed by atoms with Gasteiger partial charge in [-0.05, 0) is 49.9 Å². The van der Waals surface area contributed by atoms with Crippen LogP contribution in [0.3, 0.4) is 0 Å². The molecule has 0 heterocycles. The summed E-state index contributed by atoms with van der Waals surface area (Å²) >= 11 is 0. The monoisotopic (exact) mass is 179 g/mol. The van der Waals surface area contributed by atoms with Crippen LogP contribution in [0.4, 0.5) is 0 Å². The molecule has 0 atom stereocenters. The third-order valence-corrected chi connectivity index (χ3v) is 4.36. The van der Waals surface area contributed by atoms with Crippen molar-refractivity contribution in [3.05, 3.63) is 0 Å². The molecule has 1 N–H and O–H groups in total. The first kappa shape index (κ1) is 8.28. The van der Waals surface area contributed by atoms with Gasteiger partial charge in [-0.2, -0.15) is 0 Å². The molecule has 3 fully saturated rings. The fourth-order valence-corrected chi connectivity index (χ4v) is 3.14. The zero-order valence-corrected chi connectivity index (χ0v) is 8.52. The Hall–Kier alpha value is -0.0400. The van der Waals surface area contributed by atoms with E-state index in [4.69, 9.17) is 0 Å². The Kier molecular flexibility index (Phi) is 1.90. The smallest absolute Gasteiger partial charge is 0.00684 e. The van der Waals surface area contributed by atoms with Gasteiger partial charge in [0.25, 0.3) is 0 Å². The Labute approximate surface area is 81.3 Å². The maximum Gasteiger partial charge on any atom is 0.00684 e. The minimum Gasteiger partial charge on any atom is -0.313 e. The molecule has 3 saturated carbocycles. The van der Waals surface area contributed by atoms with E-state index in [2.05, 4.69) is 5.32 Å². The summed E-state index contributed by atoms with van der Waals surface area (Å²) < 4.78 is 0. The summed E-state index contributed by atoms with van der Waals surface area (Å²) in [6, 6.07) is 0.913. The standard InChI is InChI=1S/C12H21N/c1-2-8-12(7-1,10-3-4-10)9-13-11-5-6-11/h10-11,13H,1-9H2. The van der Waals surface area contributed by atoms with Crippen LogP contribution in [0.25, 0.3) is 0 Å². The highest BCUT2D eigenvalue weighted by molar-refractivity contribution is 4.99. The van der Waals surface area contributed by atoms with Crippen molar-refractivity contribution >= 4 is 0 Å². The van der Waals surface area contributed by atoms with E-state index in [1.165, 1.54) is 57.9 Å². The molecule has 1 nitrogen and oxygen atoms in total. The van der Waals surface area contributed by atoms with E-state index in [1.807, 2.05) is 0 Å². The van der Waals surface area contributed by atoms with Crippen molar-refractivity contribution in [3.8, 4) is 0 Å². The van der Waals surface area contributed by atoms with E-state index < -0.39 is 0 Å². The maximum absolute atomic E-state index is 3.76. The quantitative estimate of drug-likeness (QED) is 0.699. The molecular weight excluding hydrogens is 158 g/mol. The minimum atomic E-state index is 0.766. The van der Waals surface area contributed by atoms with Gasteiger partial charge in [0.1, 0.15) is 0 Å². The van der Waals surface area contributed by atoms with Gasteiger partial charge in [0.2, 0.25) is 0 Å². The van der Waals surface area contributed by atoms with E-state index in [0.29, 0.717) is 0 Å². The van der Waals surface area contributed by atoms with Crippen molar-refractivity contribution in [3.63, 3.8) is 0 Å². The van der Waals surface area contributed by atoms with Crippen LogP contribution in [-0.2, 0) is 0 Å². The van der Waals surface area contributed by atoms with Crippen molar-refractivity contribution in [2.45, 2.75) is 57.4 Å². The van der Waals surface area contributed by atoms with Gasteiger partial charge in [0.05, 0.1) is 0 Å². The predicted octanol–water partition coefficient (Wildman–Crippen LogP) is 2.71. The second kappa shape index (κ2) is 2.98. The molecule has 13 heavy (non-hydrogen) atoms. The number of rotatable bonds is 4. The van der Waals surface area contributed by atoms with E-state index in [-0.39, 0.29) is 0 Å². The van der Waals surface area contributed by atoms with Crippen LogP contribution in [0.2, 0.25) is 0 Å². The largest absolute Gasteiger partial charge is 0.313 e. The number of hydrogen-bond donors (Lipinski definition) is 1. The minimum absolute atomic E-state index is 0.766. The molecule has 0 saturated heterocycles. The van der Waals surface area contributed by atoms with Crippen LogP contribution in [0.15, 0.2) is 0 Å². The fraction of sp³-hybridized carbons (Fsp3) is 1.00. The van der Waals surface area contributed by atoms with Gasteiger partial charge in [0.15, 0.2) is 0 Å². The maximum atomic E-state index is 3.76. The van der Waals surface area contributed by atoms with E-state index in [0.717, 1.165) is 17.4 Å². The summed E-state index contributed by atoms with van der Waals surface area (Å²) in [6.07, 6.45) is 12.0. The molecule has 3 rings (SSSR count). The zero-order chi connectivity index (χ0) is 8.73. The summed E-state index contributed by atoms with van der Waals surface area (Å²) in [7, 11) is 0. The topological polar surface area (TPSA) is 12.0 Å². The Balaban J connectivity index is 1.59. The van der Waals surface area contributed by atoms with E-state index in [9.17, 15) is 0 Å². The Morgan fingerprint density at radius 3 is 2.23 bits per heavy atom. The SMILES string of the molecule is C1CCC(CNC2CC2)(C2CC2)C1. The predicted molar refractivity (Wildman–Crippen MR) is 54.6 cm³/mol. The van der Waals surface area contributed by atoms with Crippen molar-refractivity contribution in [1.29, 1.82) is 0 Å². The van der Waals surface area contributed by atoms with Gasteiger partial charge in [-0.3, -0.25) is 0 Å². The summed E-state index contributed by atoms with van der Waals surface area (Å²) in [5.41, 5.74) is 0.766. The van der Waals surface area contributed by atoms with Gasteiger partial charge in [-0.15, -0.1) is 0 Å². The highest BCUT2D eigenvalue weighted by Gasteiger charge is 2.46. The zero-order valence-electron chi connectivity index (χ0n) is 8.52. The van der Waals surface area contributed by atoms with Crippen LogP contribution in [0, 0.1) is 11.3 Å². The van der Waals surface area contributed by atoms with Crippen molar-refractivity contribution in [2.24, 2.45) is 11.3 Å². The molecule has 3 aliphatic rings. The molecule has 0 aliphatic heterocycles. The average Bonchev–Trinajstić information content (AvgIpc) is 3.04. The van der Waals surface area contributed by atoms with E-state index >= 15 is 0 Å². The van der Waals surface area contributed by atoms with Gasteiger partial charge in [-0.25, -0.2) is 0 Å². The van der Waals surface area contributed by atoms with Crippen molar-refractivity contribution < 1.29 is 0 Å². The highest BCUT2D eigenvalue weighted by atomic mass is 15.0. The average molecular weight is 179 g/mol. The van der Waals surface area contributed by atoms with Crippen LogP contribution in [-0.4, -0.2) is 12.6 Å². The lowest BCUT2D eigenvalue weighted by Gasteiger charge is -2.29. The number of hydrogen-bond acceptors (Lipinski definition) is 1. The second-order valence-electron chi connectivity index (χ2n) is 5.50. The lowest BCUT2D eigenvalue weighted by atomic mass is 9.81. The Morgan fingerprint density at radius 2 is 1.69 bits per heavy atom. The lowest BCUT2D eigenvalue weighted by Crippen LogP contribution is -2.35. The van der Waals surface area contributed by atoms with Crippen LogP contribution >= 0.6 is 0 Å². The molecule has 0 spiro atoms. The molecule has 3 aliphatic carbocycles. The van der Waals surface area contributed by atoms with E-state index in [1.54, 1.807) is 0 Å². The molecule has 0 unspecified atom stereocenters. The molecule has 1 heteroatoms. The Bertz CT molecular complexity index is 185. The molecule has 0 aromatic heterocycles. The third-order valence-electron chi connectivity index (χ3n) is 4.36. The van der Waals surface area contributed by atoms with Crippen LogP contribution in [0.5, 0.6) is 0 Å². The highest BCUT2D eigenvalue weighted by Crippen LogP contribution is 2.54. The third kappa shape index (κ3) is 1.63. The summed E-state index contributed by atoms with van der Waals surface area (Å²) in [4.78, 5) is 0. The second-order valence-corrected chi connectivity index (χ2v) is 5.50. The molecule has 74 valence electrons. The fourth-order valence-electron chi connectivity index (χ4n) is 3.14. The normalized spacial score (nSPS) is 32.3. The molecule has 0 amide bonds. The van der Waals surface area contributed by atoms with Crippen molar-refractivity contribution in [1.82, 2.24) is 5.32 Å². The lowest BCUT2D eigenvalue weighted by molar-refractivity contribution is 0.234. The summed E-state index contributed by atoms with van der Waals surface area (Å²) in [6.45, 7) is 1.35. The van der Waals surface area contributed by atoms with Gasteiger partial charge in [-0.1, -0.05) is 12.8 Å². The molecule has 0 aromatic rings. The first-order valence-electron chi connectivity index (χ1n) is 6.12. The van der Waals surface area contributed by atoms with Gasteiger partial charge < -0.3 is 5.32 Å². The summed E-state index contributed by atoms with van der Waals surface area (Å²) in [5, 5.41) is 3.76. The van der Waals surface area contributed by atoms with Crippen molar-refractivity contribution in [2.75, 3.05) is 6.54 Å². The van der Waals surface area contributed by atoms with Crippen LogP contribution < -0.4 is 5.32 Å². The number of nitrogens with one attached hydrogen (secondary N) is 1. The molecule has 0 aromatic carbocycles. The Morgan fingerprint density at radius 1 is 1.00 bits per heavy atom. The first-order chi connectivity index (χ1) is 6.39. The van der Waals surface area contributed by atoms with Gasteiger partial charge >= 0.3 is 0 Å². The van der Waals surface area contributed by atoms with Gasteiger partial charge in [0, 0.05) is 12.6 Å². The molecule has 0 radical (unpaired) electrons.